The number of nitrogens with zero attached hydrogens (tertiary/aromatic N) is 2. The fourth-order valence-electron chi connectivity index (χ4n) is 1.97. The predicted molar refractivity (Wildman–Crippen MR) is 90.9 cm³/mol. The van der Waals surface area contributed by atoms with Crippen LogP contribution in [0.15, 0.2) is 30.9 Å². The molecule has 0 atom stereocenters. The van der Waals surface area contributed by atoms with E-state index in [2.05, 4.69) is 67.0 Å². The summed E-state index contributed by atoms with van der Waals surface area (Å²) in [5, 5.41) is 7.67. The van der Waals surface area contributed by atoms with Crippen LogP contribution in [0.1, 0.15) is 26.3 Å². The van der Waals surface area contributed by atoms with Gasteiger partial charge in [0.05, 0.1) is 5.52 Å². The predicted octanol–water partition coefficient (Wildman–Crippen LogP) is 3.99. The Morgan fingerprint density at radius 3 is 2.62 bits per heavy atom. The van der Waals surface area contributed by atoms with Crippen molar-refractivity contribution >= 4 is 22.7 Å². The summed E-state index contributed by atoms with van der Waals surface area (Å²) < 4.78 is 0. The molecule has 0 unspecified atom stereocenters. The third-order valence-electron chi connectivity index (χ3n) is 3.04. The van der Waals surface area contributed by atoms with Crippen molar-refractivity contribution in [1.82, 2.24) is 9.97 Å². The number of aromatic nitrogens is 2. The van der Waals surface area contributed by atoms with E-state index in [4.69, 9.17) is 0 Å². The van der Waals surface area contributed by atoms with Crippen LogP contribution in [0.25, 0.3) is 10.9 Å². The fraction of sp³-hybridized carbons (Fsp3) is 0.412. The average molecular weight is 284 g/mol. The Hall–Kier alpha value is -2.10. The number of benzene rings is 1. The van der Waals surface area contributed by atoms with Crippen LogP contribution >= 0.6 is 0 Å². The summed E-state index contributed by atoms with van der Waals surface area (Å²) in [6.45, 7) is 13.9. The second-order valence-electron chi connectivity index (χ2n) is 6.50. The summed E-state index contributed by atoms with van der Waals surface area (Å²) >= 11 is 0. The SMILES string of the molecule is C=CCNc1nc(NCC(C)(C)C)c2cc(C)ccc2n1. The van der Waals surface area contributed by atoms with Crippen LogP contribution in [-0.2, 0) is 0 Å². The van der Waals surface area contributed by atoms with Crippen molar-refractivity contribution in [2.45, 2.75) is 27.7 Å². The molecule has 21 heavy (non-hydrogen) atoms. The minimum Gasteiger partial charge on any atom is -0.369 e. The van der Waals surface area contributed by atoms with Crippen LogP contribution in [0, 0.1) is 12.3 Å². The highest BCUT2D eigenvalue weighted by Gasteiger charge is 2.13. The molecule has 1 aromatic heterocycles. The molecule has 112 valence electrons. The van der Waals surface area contributed by atoms with Gasteiger partial charge in [0.2, 0.25) is 5.95 Å². The van der Waals surface area contributed by atoms with Gasteiger partial charge in [-0.25, -0.2) is 4.98 Å². The Morgan fingerprint density at radius 2 is 1.95 bits per heavy atom. The first-order chi connectivity index (χ1) is 9.89. The number of anilines is 2. The Kier molecular flexibility index (Phi) is 4.46. The zero-order valence-corrected chi connectivity index (χ0v) is 13.3. The molecule has 1 aromatic carbocycles. The van der Waals surface area contributed by atoms with Crippen LogP contribution < -0.4 is 10.6 Å². The maximum atomic E-state index is 4.60. The lowest BCUT2D eigenvalue weighted by molar-refractivity contribution is 0.442. The van der Waals surface area contributed by atoms with E-state index in [1.807, 2.05) is 6.07 Å². The molecule has 0 aliphatic heterocycles. The maximum Gasteiger partial charge on any atom is 0.225 e. The molecule has 0 spiro atoms. The maximum absolute atomic E-state index is 4.60. The monoisotopic (exact) mass is 284 g/mol. The van der Waals surface area contributed by atoms with Gasteiger partial charge in [0, 0.05) is 18.5 Å². The topological polar surface area (TPSA) is 49.8 Å². The normalized spacial score (nSPS) is 11.4. The Labute approximate surface area is 126 Å². The molecular formula is C17H24N4. The van der Waals surface area contributed by atoms with Crippen molar-refractivity contribution in [3.8, 4) is 0 Å². The van der Waals surface area contributed by atoms with Gasteiger partial charge < -0.3 is 10.6 Å². The number of nitrogens with one attached hydrogen (secondary N) is 2. The van der Waals surface area contributed by atoms with Gasteiger partial charge in [-0.05, 0) is 24.5 Å². The van der Waals surface area contributed by atoms with Crippen molar-refractivity contribution in [3.05, 3.63) is 36.4 Å². The molecule has 2 aromatic rings. The van der Waals surface area contributed by atoms with E-state index < -0.39 is 0 Å². The molecule has 0 radical (unpaired) electrons. The van der Waals surface area contributed by atoms with Gasteiger partial charge in [0.15, 0.2) is 0 Å². The number of hydrogen-bond donors (Lipinski definition) is 2. The van der Waals surface area contributed by atoms with Crippen molar-refractivity contribution in [2.75, 3.05) is 23.7 Å². The second-order valence-corrected chi connectivity index (χ2v) is 6.50. The second kappa shape index (κ2) is 6.12. The molecule has 1 heterocycles. The van der Waals surface area contributed by atoms with Crippen LogP contribution in [0.5, 0.6) is 0 Å². The summed E-state index contributed by atoms with van der Waals surface area (Å²) in [6, 6.07) is 6.23. The summed E-state index contributed by atoms with van der Waals surface area (Å²) in [6.07, 6.45) is 1.80. The van der Waals surface area contributed by atoms with Crippen LogP contribution in [0.4, 0.5) is 11.8 Å². The third kappa shape index (κ3) is 4.18. The molecule has 0 bridgehead atoms. The van der Waals surface area contributed by atoms with E-state index in [0.717, 1.165) is 23.3 Å². The van der Waals surface area contributed by atoms with E-state index in [0.29, 0.717) is 12.5 Å². The van der Waals surface area contributed by atoms with Gasteiger partial charge in [-0.3, -0.25) is 0 Å². The Balaban J connectivity index is 2.42. The van der Waals surface area contributed by atoms with Gasteiger partial charge in [-0.1, -0.05) is 38.5 Å². The number of hydrogen-bond acceptors (Lipinski definition) is 4. The largest absolute Gasteiger partial charge is 0.369 e. The van der Waals surface area contributed by atoms with Crippen molar-refractivity contribution in [2.24, 2.45) is 5.41 Å². The number of fused-ring (bicyclic) bond motifs is 1. The van der Waals surface area contributed by atoms with Gasteiger partial charge >= 0.3 is 0 Å². The van der Waals surface area contributed by atoms with Gasteiger partial charge in [0.1, 0.15) is 5.82 Å². The number of aryl methyl sites for hydroxylation is 1. The van der Waals surface area contributed by atoms with Crippen LogP contribution in [0.2, 0.25) is 0 Å². The van der Waals surface area contributed by atoms with E-state index in [1.165, 1.54) is 5.56 Å². The summed E-state index contributed by atoms with van der Waals surface area (Å²) in [5.41, 5.74) is 2.34. The minimum atomic E-state index is 0.190. The Bertz CT molecular complexity index is 641. The lowest BCUT2D eigenvalue weighted by atomic mass is 9.97. The summed E-state index contributed by atoms with van der Waals surface area (Å²) in [7, 11) is 0. The minimum absolute atomic E-state index is 0.190. The average Bonchev–Trinajstić information content (AvgIpc) is 2.42. The highest BCUT2D eigenvalue weighted by molar-refractivity contribution is 5.90. The lowest BCUT2D eigenvalue weighted by Gasteiger charge is -2.20. The molecule has 0 saturated heterocycles. The summed E-state index contributed by atoms with van der Waals surface area (Å²) in [4.78, 5) is 9.15. The summed E-state index contributed by atoms with van der Waals surface area (Å²) in [5.74, 6) is 1.51. The zero-order valence-electron chi connectivity index (χ0n) is 13.3. The molecule has 0 saturated carbocycles. The first kappa shape index (κ1) is 15.3. The van der Waals surface area contributed by atoms with Crippen molar-refractivity contribution < 1.29 is 0 Å². The van der Waals surface area contributed by atoms with Crippen molar-refractivity contribution in [3.63, 3.8) is 0 Å². The quantitative estimate of drug-likeness (QED) is 0.815. The van der Waals surface area contributed by atoms with E-state index in [9.17, 15) is 0 Å². The highest BCUT2D eigenvalue weighted by Crippen LogP contribution is 2.24. The molecule has 2 N–H and O–H groups in total. The fourth-order valence-corrected chi connectivity index (χ4v) is 1.97. The number of rotatable bonds is 5. The van der Waals surface area contributed by atoms with Gasteiger partial charge in [-0.2, -0.15) is 4.98 Å². The molecule has 4 heteroatoms. The van der Waals surface area contributed by atoms with Gasteiger partial charge in [0.25, 0.3) is 0 Å². The molecule has 0 aliphatic rings. The highest BCUT2D eigenvalue weighted by atomic mass is 15.1. The first-order valence-corrected chi connectivity index (χ1v) is 7.26. The molecule has 0 aliphatic carbocycles. The van der Waals surface area contributed by atoms with Crippen LogP contribution in [0.3, 0.4) is 0 Å². The third-order valence-corrected chi connectivity index (χ3v) is 3.04. The van der Waals surface area contributed by atoms with Gasteiger partial charge in [-0.15, -0.1) is 6.58 Å². The molecule has 0 fully saturated rings. The Morgan fingerprint density at radius 1 is 1.19 bits per heavy atom. The molecule has 0 amide bonds. The molecular weight excluding hydrogens is 260 g/mol. The van der Waals surface area contributed by atoms with E-state index >= 15 is 0 Å². The smallest absolute Gasteiger partial charge is 0.225 e. The lowest BCUT2D eigenvalue weighted by Crippen LogP contribution is -2.20. The zero-order chi connectivity index (χ0) is 15.5. The molecule has 2 rings (SSSR count). The van der Waals surface area contributed by atoms with E-state index in [-0.39, 0.29) is 5.41 Å². The van der Waals surface area contributed by atoms with E-state index in [1.54, 1.807) is 6.08 Å². The van der Waals surface area contributed by atoms with Crippen LogP contribution in [-0.4, -0.2) is 23.1 Å². The van der Waals surface area contributed by atoms with Crippen molar-refractivity contribution in [1.29, 1.82) is 0 Å². The first-order valence-electron chi connectivity index (χ1n) is 7.26. The standard InChI is InChI=1S/C17H24N4/c1-6-9-18-16-20-14-8-7-12(2)10-13(14)15(21-16)19-11-17(3,4)5/h6-8,10H,1,9,11H2,2-5H3,(H2,18,19,20,21). The molecule has 4 nitrogen and oxygen atoms in total.